The molecule has 1 unspecified atom stereocenters. The van der Waals surface area contributed by atoms with Crippen molar-refractivity contribution in [2.24, 2.45) is 0 Å². The summed E-state index contributed by atoms with van der Waals surface area (Å²) in [7, 11) is 0. The summed E-state index contributed by atoms with van der Waals surface area (Å²) in [5.74, 6) is 0. The Morgan fingerprint density at radius 3 is 2.52 bits per heavy atom. The second kappa shape index (κ2) is 8.40. The summed E-state index contributed by atoms with van der Waals surface area (Å²) in [5, 5.41) is 0.713. The highest BCUT2D eigenvalue weighted by atomic mass is 35.5. The van der Waals surface area contributed by atoms with E-state index in [0.29, 0.717) is 11.6 Å². The Bertz CT molecular complexity index is 987. The largest absolute Gasteiger partial charge is 0.347 e. The molecule has 1 aliphatic rings. The van der Waals surface area contributed by atoms with Crippen LogP contribution in [0.1, 0.15) is 35.7 Å². The zero-order valence-corrected chi connectivity index (χ0v) is 17.4. The third-order valence-corrected chi connectivity index (χ3v) is 5.64. The van der Waals surface area contributed by atoms with E-state index in [2.05, 4.69) is 59.8 Å². The third kappa shape index (κ3) is 3.57. The molecule has 1 aliphatic heterocycles. The fourth-order valence-electron chi connectivity index (χ4n) is 4.10. The van der Waals surface area contributed by atoms with E-state index in [-0.39, 0.29) is 0 Å². The minimum absolute atomic E-state index is 0.543. The predicted molar refractivity (Wildman–Crippen MR) is 119 cm³/mol. The van der Waals surface area contributed by atoms with E-state index in [4.69, 9.17) is 16.3 Å². The van der Waals surface area contributed by atoms with E-state index in [0.717, 1.165) is 47.5 Å². The van der Waals surface area contributed by atoms with E-state index in [1.807, 2.05) is 36.5 Å². The fourth-order valence-corrected chi connectivity index (χ4v) is 4.23. The number of rotatable bonds is 7. The number of pyridine rings is 1. The molecule has 0 aliphatic carbocycles. The van der Waals surface area contributed by atoms with Crippen LogP contribution in [0, 0.1) is 0 Å². The summed E-state index contributed by atoms with van der Waals surface area (Å²) in [6, 6.07) is 22.3. The van der Waals surface area contributed by atoms with Crippen molar-refractivity contribution in [1.29, 1.82) is 0 Å². The minimum Gasteiger partial charge on any atom is -0.347 e. The van der Waals surface area contributed by atoms with Gasteiger partial charge in [-0.15, -0.1) is 0 Å². The van der Waals surface area contributed by atoms with Crippen LogP contribution < -0.4 is 0 Å². The summed E-state index contributed by atoms with van der Waals surface area (Å²) < 4.78 is 6.76. The summed E-state index contributed by atoms with van der Waals surface area (Å²) in [4.78, 5) is 6.73. The Labute approximate surface area is 177 Å². The Hall–Kier alpha value is -2.62. The molecular formula is C25H25ClN2O. The predicted octanol–water partition coefficient (Wildman–Crippen LogP) is 5.89. The molecule has 1 aromatic heterocycles. The van der Waals surface area contributed by atoms with Crippen LogP contribution in [0.25, 0.3) is 5.70 Å². The molecule has 2 aromatic carbocycles. The molecule has 148 valence electrons. The normalized spacial score (nSPS) is 18.1. The zero-order valence-electron chi connectivity index (χ0n) is 16.6. The molecule has 3 nitrogen and oxygen atoms in total. The number of halogens is 1. The lowest BCUT2D eigenvalue weighted by Crippen LogP contribution is -2.44. The number of aromatic nitrogens is 1. The van der Waals surface area contributed by atoms with Crippen molar-refractivity contribution in [3.8, 4) is 0 Å². The van der Waals surface area contributed by atoms with Crippen LogP contribution in [0.15, 0.2) is 79.5 Å². The second-order valence-corrected chi connectivity index (χ2v) is 7.65. The van der Waals surface area contributed by atoms with Crippen LogP contribution in [-0.2, 0) is 16.9 Å². The quantitative estimate of drug-likeness (QED) is 0.490. The van der Waals surface area contributed by atoms with Crippen molar-refractivity contribution >= 4 is 17.3 Å². The number of hydrogen-bond acceptors (Lipinski definition) is 3. The lowest BCUT2D eigenvalue weighted by Gasteiger charge is -2.41. The molecule has 0 radical (unpaired) electrons. The molecular weight excluding hydrogens is 380 g/mol. The molecule has 4 rings (SSSR count). The number of benzene rings is 2. The lowest BCUT2D eigenvalue weighted by atomic mass is 9.93. The van der Waals surface area contributed by atoms with Crippen molar-refractivity contribution < 1.29 is 4.74 Å². The van der Waals surface area contributed by atoms with Gasteiger partial charge in [-0.3, -0.25) is 4.98 Å². The Balaban J connectivity index is 1.78. The molecule has 0 fully saturated rings. The molecule has 0 saturated heterocycles. The van der Waals surface area contributed by atoms with Gasteiger partial charge in [0.1, 0.15) is 0 Å². The van der Waals surface area contributed by atoms with Gasteiger partial charge in [-0.25, -0.2) is 0 Å². The molecule has 0 saturated carbocycles. The van der Waals surface area contributed by atoms with Gasteiger partial charge in [-0.2, -0.15) is 0 Å². The molecule has 0 spiro atoms. The average Bonchev–Trinajstić information content (AvgIpc) is 2.99. The molecule has 3 aromatic rings. The maximum absolute atomic E-state index is 6.76. The first kappa shape index (κ1) is 19.7. The fraction of sp³-hybridized carbons (Fsp3) is 0.240. The van der Waals surface area contributed by atoms with Crippen LogP contribution in [-0.4, -0.2) is 23.0 Å². The summed E-state index contributed by atoms with van der Waals surface area (Å²) in [6.45, 7) is 7.98. The maximum atomic E-state index is 6.76. The van der Waals surface area contributed by atoms with Crippen LogP contribution in [0.4, 0.5) is 0 Å². The monoisotopic (exact) mass is 404 g/mol. The SMILES string of the molecule is C=C1c2ccccc2C(OCCc2ccccn2)(c2ccc(Cl)cc2)N1CCC. The molecule has 1 atom stereocenters. The Kier molecular flexibility index (Phi) is 5.70. The van der Waals surface area contributed by atoms with E-state index < -0.39 is 5.72 Å². The number of ether oxygens (including phenoxy) is 1. The van der Waals surface area contributed by atoms with Gasteiger partial charge in [-0.05, 0) is 30.7 Å². The van der Waals surface area contributed by atoms with Gasteiger partial charge < -0.3 is 9.64 Å². The van der Waals surface area contributed by atoms with E-state index in [9.17, 15) is 0 Å². The van der Waals surface area contributed by atoms with E-state index in [1.54, 1.807) is 0 Å². The standard InChI is InChI=1S/C25H25ClN2O/c1-3-17-28-19(2)23-9-4-5-10-24(23)25(28,20-11-13-21(26)14-12-20)29-18-15-22-8-6-7-16-27-22/h4-14,16H,2-3,15,17-18H2,1H3. The molecule has 4 heteroatoms. The van der Waals surface area contributed by atoms with Crippen molar-refractivity contribution in [3.63, 3.8) is 0 Å². The van der Waals surface area contributed by atoms with Gasteiger partial charge in [-0.1, -0.05) is 67.6 Å². The van der Waals surface area contributed by atoms with Crippen LogP contribution in [0.2, 0.25) is 5.02 Å². The smallest absolute Gasteiger partial charge is 0.194 e. The highest BCUT2D eigenvalue weighted by molar-refractivity contribution is 6.30. The van der Waals surface area contributed by atoms with Crippen molar-refractivity contribution in [1.82, 2.24) is 9.88 Å². The zero-order chi connectivity index (χ0) is 20.3. The first-order chi connectivity index (χ1) is 14.2. The van der Waals surface area contributed by atoms with Gasteiger partial charge in [0.15, 0.2) is 5.72 Å². The van der Waals surface area contributed by atoms with Gasteiger partial charge in [0.25, 0.3) is 0 Å². The Morgan fingerprint density at radius 1 is 1.03 bits per heavy atom. The molecule has 29 heavy (non-hydrogen) atoms. The van der Waals surface area contributed by atoms with Gasteiger partial charge in [0, 0.05) is 52.3 Å². The second-order valence-electron chi connectivity index (χ2n) is 7.21. The highest BCUT2D eigenvalue weighted by Gasteiger charge is 2.48. The first-order valence-corrected chi connectivity index (χ1v) is 10.4. The third-order valence-electron chi connectivity index (χ3n) is 5.39. The minimum atomic E-state index is -0.719. The van der Waals surface area contributed by atoms with Crippen LogP contribution in [0.5, 0.6) is 0 Å². The maximum Gasteiger partial charge on any atom is 0.194 e. The highest BCUT2D eigenvalue weighted by Crippen LogP contribution is 2.50. The van der Waals surface area contributed by atoms with Crippen molar-refractivity contribution in [3.05, 3.63) is 107 Å². The number of nitrogens with zero attached hydrogens (tertiary/aromatic N) is 2. The van der Waals surface area contributed by atoms with Crippen LogP contribution in [0.3, 0.4) is 0 Å². The Morgan fingerprint density at radius 2 is 1.79 bits per heavy atom. The van der Waals surface area contributed by atoms with Crippen molar-refractivity contribution in [2.75, 3.05) is 13.2 Å². The molecule has 0 amide bonds. The molecule has 0 N–H and O–H groups in total. The lowest BCUT2D eigenvalue weighted by molar-refractivity contribution is -0.100. The molecule has 0 bridgehead atoms. The average molecular weight is 405 g/mol. The molecule has 2 heterocycles. The van der Waals surface area contributed by atoms with E-state index in [1.165, 1.54) is 0 Å². The van der Waals surface area contributed by atoms with Gasteiger partial charge >= 0.3 is 0 Å². The van der Waals surface area contributed by atoms with Gasteiger partial charge in [0.2, 0.25) is 0 Å². The van der Waals surface area contributed by atoms with E-state index >= 15 is 0 Å². The van der Waals surface area contributed by atoms with Gasteiger partial charge in [0.05, 0.1) is 6.61 Å². The summed E-state index contributed by atoms with van der Waals surface area (Å²) in [5.41, 5.74) is 4.61. The number of fused-ring (bicyclic) bond motifs is 1. The first-order valence-electron chi connectivity index (χ1n) is 10.0. The summed E-state index contributed by atoms with van der Waals surface area (Å²) >= 11 is 6.19. The summed E-state index contributed by atoms with van der Waals surface area (Å²) in [6.07, 6.45) is 3.55. The topological polar surface area (TPSA) is 25.4 Å². The van der Waals surface area contributed by atoms with Crippen molar-refractivity contribution in [2.45, 2.75) is 25.5 Å². The van der Waals surface area contributed by atoms with Crippen LogP contribution >= 0.6 is 11.6 Å². The number of hydrogen-bond donors (Lipinski definition) is 0.